The van der Waals surface area contributed by atoms with Gasteiger partial charge in [-0.25, -0.2) is 0 Å². The molecular formula is C14H23N3O4. The highest BCUT2D eigenvalue weighted by Crippen LogP contribution is 2.32. The third-order valence-corrected chi connectivity index (χ3v) is 4.41. The predicted molar refractivity (Wildman–Crippen MR) is 75.3 cm³/mol. The van der Waals surface area contributed by atoms with Crippen LogP contribution in [0, 0.1) is 11.8 Å². The Bertz CT molecular complexity index is 426. The van der Waals surface area contributed by atoms with Gasteiger partial charge in [0.05, 0.1) is 12.5 Å². The van der Waals surface area contributed by atoms with E-state index in [1.54, 1.807) is 0 Å². The number of carboxylic acids is 1. The summed E-state index contributed by atoms with van der Waals surface area (Å²) in [5.41, 5.74) is 5.20. The first-order valence-corrected chi connectivity index (χ1v) is 7.49. The third-order valence-electron chi connectivity index (χ3n) is 4.41. The van der Waals surface area contributed by atoms with Crippen LogP contribution in [0.25, 0.3) is 0 Å². The maximum Gasteiger partial charge on any atom is 0.306 e. The molecule has 1 saturated carbocycles. The number of carboxylic acid groups (broad SMARTS) is 1. The average Bonchev–Trinajstić information content (AvgIpc) is 2.80. The Morgan fingerprint density at radius 2 is 1.76 bits per heavy atom. The minimum Gasteiger partial charge on any atom is -0.481 e. The van der Waals surface area contributed by atoms with Gasteiger partial charge in [0.2, 0.25) is 11.8 Å². The van der Waals surface area contributed by atoms with Crippen molar-refractivity contribution in [2.75, 3.05) is 32.7 Å². The molecule has 7 heteroatoms. The molecule has 7 nitrogen and oxygen atoms in total. The van der Waals surface area contributed by atoms with Crippen molar-refractivity contribution in [2.24, 2.45) is 17.6 Å². The first kappa shape index (κ1) is 15.8. The summed E-state index contributed by atoms with van der Waals surface area (Å²) >= 11 is 0. The van der Waals surface area contributed by atoms with Crippen LogP contribution in [-0.2, 0) is 14.4 Å². The molecule has 1 saturated heterocycles. The van der Waals surface area contributed by atoms with Crippen molar-refractivity contribution in [3.8, 4) is 0 Å². The van der Waals surface area contributed by atoms with Crippen molar-refractivity contribution in [3.63, 3.8) is 0 Å². The summed E-state index contributed by atoms with van der Waals surface area (Å²) in [6.45, 7) is 2.88. The highest BCUT2D eigenvalue weighted by Gasteiger charge is 2.36. The third kappa shape index (κ3) is 4.17. The SMILES string of the molecule is NC(=O)CN1CCCN(C(=O)C2CCC(C(=O)O)C2)CC1. The van der Waals surface area contributed by atoms with Gasteiger partial charge >= 0.3 is 5.97 Å². The highest BCUT2D eigenvalue weighted by molar-refractivity contribution is 5.81. The molecule has 0 aromatic rings. The van der Waals surface area contributed by atoms with E-state index < -0.39 is 5.97 Å². The van der Waals surface area contributed by atoms with Gasteiger partial charge in [-0.3, -0.25) is 19.3 Å². The Labute approximate surface area is 124 Å². The van der Waals surface area contributed by atoms with Crippen LogP contribution in [-0.4, -0.2) is 65.4 Å². The van der Waals surface area contributed by atoms with Gasteiger partial charge in [0.1, 0.15) is 0 Å². The van der Waals surface area contributed by atoms with Gasteiger partial charge in [0.15, 0.2) is 0 Å². The van der Waals surface area contributed by atoms with Crippen LogP contribution in [0.5, 0.6) is 0 Å². The van der Waals surface area contributed by atoms with E-state index >= 15 is 0 Å². The number of hydrogen-bond donors (Lipinski definition) is 2. The second kappa shape index (κ2) is 6.89. The quantitative estimate of drug-likeness (QED) is 0.728. The van der Waals surface area contributed by atoms with Gasteiger partial charge < -0.3 is 15.7 Å². The molecule has 21 heavy (non-hydrogen) atoms. The number of nitrogens with two attached hydrogens (primary N) is 1. The first-order chi connectivity index (χ1) is 9.97. The van der Waals surface area contributed by atoms with Crippen molar-refractivity contribution in [1.82, 2.24) is 9.80 Å². The molecule has 0 aromatic carbocycles. The molecule has 0 spiro atoms. The molecule has 2 fully saturated rings. The molecule has 3 N–H and O–H groups in total. The van der Waals surface area contributed by atoms with Crippen molar-refractivity contribution in [1.29, 1.82) is 0 Å². The van der Waals surface area contributed by atoms with Gasteiger partial charge in [-0.1, -0.05) is 0 Å². The van der Waals surface area contributed by atoms with E-state index in [9.17, 15) is 14.4 Å². The molecule has 118 valence electrons. The van der Waals surface area contributed by atoms with E-state index in [2.05, 4.69) is 0 Å². The number of rotatable bonds is 4. The number of carbonyl (C=O) groups excluding carboxylic acids is 2. The fourth-order valence-corrected chi connectivity index (χ4v) is 3.26. The van der Waals surface area contributed by atoms with E-state index in [1.807, 2.05) is 9.80 Å². The minimum absolute atomic E-state index is 0.0691. The predicted octanol–water partition coefficient (Wildman–Crippen LogP) is -0.493. The zero-order chi connectivity index (χ0) is 15.4. The fraction of sp³-hybridized carbons (Fsp3) is 0.786. The van der Waals surface area contributed by atoms with Crippen LogP contribution in [0.1, 0.15) is 25.7 Å². The van der Waals surface area contributed by atoms with Gasteiger partial charge in [-0.15, -0.1) is 0 Å². The van der Waals surface area contributed by atoms with Crippen molar-refractivity contribution < 1.29 is 19.5 Å². The molecule has 2 unspecified atom stereocenters. The Hall–Kier alpha value is -1.63. The largest absolute Gasteiger partial charge is 0.481 e. The van der Waals surface area contributed by atoms with Gasteiger partial charge in [0, 0.05) is 32.1 Å². The average molecular weight is 297 g/mol. The minimum atomic E-state index is -0.797. The second-order valence-corrected chi connectivity index (χ2v) is 5.97. The molecule has 2 aliphatic rings. The van der Waals surface area contributed by atoms with Gasteiger partial charge in [0.25, 0.3) is 0 Å². The number of nitrogens with zero attached hydrogens (tertiary/aromatic N) is 2. The van der Waals surface area contributed by atoms with Crippen LogP contribution in [0.4, 0.5) is 0 Å². The summed E-state index contributed by atoms with van der Waals surface area (Å²) in [6, 6.07) is 0. The number of primary amides is 1. The fourth-order valence-electron chi connectivity index (χ4n) is 3.26. The van der Waals surface area contributed by atoms with Crippen molar-refractivity contribution in [2.45, 2.75) is 25.7 Å². The lowest BCUT2D eigenvalue weighted by Crippen LogP contribution is -2.40. The molecule has 0 bridgehead atoms. The van der Waals surface area contributed by atoms with E-state index in [0.29, 0.717) is 38.9 Å². The van der Waals surface area contributed by atoms with E-state index in [0.717, 1.165) is 13.0 Å². The zero-order valence-electron chi connectivity index (χ0n) is 12.2. The van der Waals surface area contributed by atoms with Crippen LogP contribution in [0.3, 0.4) is 0 Å². The summed E-state index contributed by atoms with van der Waals surface area (Å²) in [6.07, 6.45) is 2.52. The zero-order valence-corrected chi connectivity index (χ0v) is 12.2. The number of carbonyl (C=O) groups is 3. The molecule has 0 aromatic heterocycles. The van der Waals surface area contributed by atoms with Crippen LogP contribution >= 0.6 is 0 Å². The lowest BCUT2D eigenvalue weighted by molar-refractivity contribution is -0.141. The Morgan fingerprint density at radius 3 is 2.38 bits per heavy atom. The second-order valence-electron chi connectivity index (χ2n) is 5.97. The lowest BCUT2D eigenvalue weighted by Gasteiger charge is -2.24. The highest BCUT2D eigenvalue weighted by atomic mass is 16.4. The summed E-state index contributed by atoms with van der Waals surface area (Å²) in [5.74, 6) is -1.62. The summed E-state index contributed by atoms with van der Waals surface area (Å²) < 4.78 is 0. The van der Waals surface area contributed by atoms with Crippen molar-refractivity contribution >= 4 is 17.8 Å². The maximum absolute atomic E-state index is 12.5. The van der Waals surface area contributed by atoms with Gasteiger partial charge in [-0.2, -0.15) is 0 Å². The normalized spacial score (nSPS) is 27.3. The summed E-state index contributed by atoms with van der Waals surface area (Å²) in [5, 5.41) is 9.01. The van der Waals surface area contributed by atoms with Crippen molar-refractivity contribution in [3.05, 3.63) is 0 Å². The maximum atomic E-state index is 12.5. The smallest absolute Gasteiger partial charge is 0.306 e. The monoisotopic (exact) mass is 297 g/mol. The summed E-state index contributed by atoms with van der Waals surface area (Å²) in [4.78, 5) is 38.2. The number of hydrogen-bond acceptors (Lipinski definition) is 4. The lowest BCUT2D eigenvalue weighted by atomic mass is 10.0. The summed E-state index contributed by atoms with van der Waals surface area (Å²) in [7, 11) is 0. The van der Waals surface area contributed by atoms with Crippen LogP contribution < -0.4 is 5.73 Å². The molecule has 1 heterocycles. The van der Waals surface area contributed by atoms with E-state index in [1.165, 1.54) is 0 Å². The standard InChI is InChI=1S/C14H23N3O4/c15-12(18)9-16-4-1-5-17(7-6-16)13(19)10-2-3-11(8-10)14(20)21/h10-11H,1-9H2,(H2,15,18)(H,20,21). The molecule has 2 rings (SSSR count). The molecule has 2 amide bonds. The molecular weight excluding hydrogens is 274 g/mol. The molecule has 2 atom stereocenters. The topological polar surface area (TPSA) is 104 Å². The Kier molecular flexibility index (Phi) is 5.17. The number of amides is 2. The molecule has 1 aliphatic heterocycles. The van der Waals surface area contributed by atoms with E-state index in [-0.39, 0.29) is 30.2 Å². The first-order valence-electron chi connectivity index (χ1n) is 7.49. The van der Waals surface area contributed by atoms with Crippen LogP contribution in [0.15, 0.2) is 0 Å². The molecule has 0 radical (unpaired) electrons. The number of aliphatic carboxylic acids is 1. The van der Waals surface area contributed by atoms with E-state index in [4.69, 9.17) is 10.8 Å². The Balaban J connectivity index is 1.86. The molecule has 1 aliphatic carbocycles. The van der Waals surface area contributed by atoms with Gasteiger partial charge in [-0.05, 0) is 25.7 Å². The van der Waals surface area contributed by atoms with Crippen LogP contribution in [0.2, 0.25) is 0 Å². The Morgan fingerprint density at radius 1 is 1.05 bits per heavy atom.